The predicted molar refractivity (Wildman–Crippen MR) is 263 cm³/mol. The lowest BCUT2D eigenvalue weighted by atomic mass is 9.85. The van der Waals surface area contributed by atoms with Crippen LogP contribution in [-0.4, -0.2) is 46.5 Å². The summed E-state index contributed by atoms with van der Waals surface area (Å²) >= 11 is 0. The van der Waals surface area contributed by atoms with Crippen LogP contribution in [0.15, 0.2) is 22.8 Å². The SMILES string of the molecule is CC[C@H]1/C2=C/c3[nH]c4c(c3C)C(=O)[C@H](C(=O)OC)/C4=C3/N/C(=C\c4[nH]c(c(C(C)O)c4C)/C=C(\N2)[C@@H]1C)[C@@H](C)[C@@H]3CCC(=O)OCCC(C)CCC[C@H](C)CCC[C@H](C)CCCC(C)C. The molecule has 1 aliphatic carbocycles. The Morgan fingerprint density at radius 2 is 1.28 bits per heavy atom. The van der Waals surface area contributed by atoms with Crippen molar-refractivity contribution < 1.29 is 29.0 Å². The summed E-state index contributed by atoms with van der Waals surface area (Å²) < 4.78 is 11.2. The minimum absolute atomic E-state index is 0.112. The number of hydrogen-bond acceptors (Lipinski definition) is 8. The van der Waals surface area contributed by atoms with E-state index in [0.717, 1.165) is 93.6 Å². The Morgan fingerprint density at radius 1 is 0.723 bits per heavy atom. The molecule has 65 heavy (non-hydrogen) atoms. The molecule has 0 saturated carbocycles. The molecule has 0 amide bonds. The van der Waals surface area contributed by atoms with Gasteiger partial charge >= 0.3 is 11.9 Å². The van der Waals surface area contributed by atoms with E-state index in [1.807, 2.05) is 13.8 Å². The fourth-order valence-electron chi connectivity index (χ4n) is 11.3. The molecule has 358 valence electrons. The van der Waals surface area contributed by atoms with Gasteiger partial charge in [0, 0.05) is 86.7 Å². The molecule has 3 aliphatic heterocycles. The molecule has 2 saturated heterocycles. The van der Waals surface area contributed by atoms with Crippen molar-refractivity contribution in [3.63, 3.8) is 0 Å². The molecule has 6 rings (SSSR count). The van der Waals surface area contributed by atoms with Crippen molar-refractivity contribution in [2.75, 3.05) is 13.7 Å². The molecular weight excluding hydrogens is 813 g/mol. The largest absolute Gasteiger partial charge is 0.468 e. The number of nitrogens with one attached hydrogen (secondary N) is 4. The van der Waals surface area contributed by atoms with Crippen LogP contribution in [0.2, 0.25) is 0 Å². The Hall–Kier alpha value is -4.31. The number of ketones is 1. The number of aliphatic hydroxyl groups is 1. The molecule has 2 aromatic heterocycles. The highest BCUT2D eigenvalue weighted by Gasteiger charge is 2.49. The number of H-pyrrole nitrogens is 2. The van der Waals surface area contributed by atoms with Crippen molar-refractivity contribution in [3.05, 3.63) is 67.8 Å². The zero-order valence-electron chi connectivity index (χ0n) is 41.9. The van der Waals surface area contributed by atoms with Crippen LogP contribution in [-0.2, 0) is 19.1 Å². The van der Waals surface area contributed by atoms with Crippen LogP contribution >= 0.6 is 0 Å². The number of hydrogen-bond donors (Lipinski definition) is 5. The van der Waals surface area contributed by atoms with E-state index in [4.69, 9.17) is 9.47 Å². The Bertz CT molecular complexity index is 2160. The highest BCUT2D eigenvalue weighted by atomic mass is 16.5. The van der Waals surface area contributed by atoms with Crippen LogP contribution in [0, 0.1) is 67.1 Å². The second-order valence-electron chi connectivity index (χ2n) is 21.0. The third-order valence-corrected chi connectivity index (χ3v) is 15.5. The highest BCUT2D eigenvalue weighted by Crippen LogP contribution is 2.49. The Kier molecular flexibility index (Phi) is 17.0. The van der Waals surface area contributed by atoms with E-state index in [0.29, 0.717) is 35.8 Å². The van der Waals surface area contributed by atoms with Crippen LogP contribution in [0.25, 0.3) is 23.8 Å². The summed E-state index contributed by atoms with van der Waals surface area (Å²) in [6, 6.07) is 0. The van der Waals surface area contributed by atoms with Crippen molar-refractivity contribution in [3.8, 4) is 0 Å². The molecular formula is C55H82N4O6. The molecule has 2 aromatic rings. The molecule has 2 unspecified atom stereocenters. The van der Waals surface area contributed by atoms with Gasteiger partial charge < -0.3 is 35.2 Å². The van der Waals surface area contributed by atoms with E-state index in [1.54, 1.807) is 6.92 Å². The summed E-state index contributed by atoms with van der Waals surface area (Å²) in [7, 11) is 1.32. The molecule has 9 atom stereocenters. The fraction of sp³-hybridized carbons (Fsp3) is 0.655. The summed E-state index contributed by atoms with van der Waals surface area (Å²) in [6.45, 7) is 24.4. The first kappa shape index (κ1) is 50.1. The third-order valence-electron chi connectivity index (χ3n) is 15.5. The van der Waals surface area contributed by atoms with E-state index in [-0.39, 0.29) is 41.8 Å². The lowest BCUT2D eigenvalue weighted by Gasteiger charge is -2.20. The zero-order chi connectivity index (χ0) is 47.3. The number of carbonyl (C=O) groups is 3. The van der Waals surface area contributed by atoms with Gasteiger partial charge in [-0.3, -0.25) is 14.4 Å². The molecule has 10 heteroatoms. The van der Waals surface area contributed by atoms with Gasteiger partial charge in [-0.2, -0.15) is 0 Å². The molecule has 0 spiro atoms. The van der Waals surface area contributed by atoms with E-state index in [2.05, 4.69) is 94.2 Å². The summed E-state index contributed by atoms with van der Waals surface area (Å²) in [5, 5.41) is 18.5. The minimum atomic E-state index is -1.15. The quantitative estimate of drug-likeness (QED) is 0.0615. The molecule has 0 aromatic carbocycles. The van der Waals surface area contributed by atoms with Gasteiger partial charge in [-0.15, -0.1) is 0 Å². The molecule has 5 N–H and O–H groups in total. The average molecular weight is 895 g/mol. The van der Waals surface area contributed by atoms with Crippen LogP contribution < -0.4 is 10.6 Å². The van der Waals surface area contributed by atoms with E-state index in [1.165, 1.54) is 58.5 Å². The van der Waals surface area contributed by atoms with Gasteiger partial charge in [-0.25, -0.2) is 0 Å². The number of aromatic amines is 2. The standard InChI is InChI=1S/C55H82N4O6/c1-13-39-34(7)41-29-46-48(38(11)60)36(9)43(57-46)27-42-35(8)40(52(58-42)50-51(55(63)64-12)54(62)49-37(10)44(59-53(49)50)28-45(39)56-41)23-24-47(61)65-26-25-33(6)22-16-21-32(5)20-15-19-31(4)18-14-17-30(2)3/h27-35,38-40,51,56-60H,13-26H2,1-12H3/b41-29-,42-27-,45-28-,52-50-/t31-,32-,33?,34-,35+,38?,39-,40+,51-/m1/s1. The van der Waals surface area contributed by atoms with Gasteiger partial charge in [0.2, 0.25) is 0 Å². The molecule has 10 nitrogen and oxygen atoms in total. The maximum Gasteiger partial charge on any atom is 0.321 e. The topological polar surface area (TPSA) is 146 Å². The van der Waals surface area contributed by atoms with Gasteiger partial charge in [-0.1, -0.05) is 113 Å². The Labute approximate surface area is 390 Å². The van der Waals surface area contributed by atoms with E-state index >= 15 is 0 Å². The normalized spacial score (nSPS) is 26.6. The molecule has 0 radical (unpaired) electrons. The number of ether oxygens (including phenoxy) is 2. The summed E-state index contributed by atoms with van der Waals surface area (Å²) in [6.07, 6.45) is 19.6. The molecule has 8 bridgehead atoms. The van der Waals surface area contributed by atoms with Crippen molar-refractivity contribution in [2.45, 2.75) is 166 Å². The maximum absolute atomic E-state index is 14.4. The van der Waals surface area contributed by atoms with Crippen LogP contribution in [0.3, 0.4) is 0 Å². The fourth-order valence-corrected chi connectivity index (χ4v) is 11.3. The first-order chi connectivity index (χ1) is 30.9. The van der Waals surface area contributed by atoms with Crippen LogP contribution in [0.1, 0.15) is 202 Å². The summed E-state index contributed by atoms with van der Waals surface area (Å²) in [5.74, 6) is 0.603. The first-order valence-corrected chi connectivity index (χ1v) is 25.3. The smallest absolute Gasteiger partial charge is 0.321 e. The van der Waals surface area contributed by atoms with E-state index < -0.39 is 18.0 Å². The van der Waals surface area contributed by atoms with Crippen molar-refractivity contribution in [1.29, 1.82) is 0 Å². The summed E-state index contributed by atoms with van der Waals surface area (Å²) in [5.41, 5.74) is 10.5. The Morgan fingerprint density at radius 3 is 1.88 bits per heavy atom. The van der Waals surface area contributed by atoms with Crippen LogP contribution in [0.4, 0.5) is 0 Å². The maximum atomic E-state index is 14.4. The van der Waals surface area contributed by atoms with Gasteiger partial charge in [0.05, 0.1) is 25.5 Å². The first-order valence-electron chi connectivity index (χ1n) is 25.3. The van der Waals surface area contributed by atoms with Gasteiger partial charge in [0.15, 0.2) is 5.78 Å². The third kappa shape index (κ3) is 11.3. The second-order valence-corrected chi connectivity index (χ2v) is 21.0. The predicted octanol–water partition coefficient (Wildman–Crippen LogP) is 12.4. The number of fused-ring (bicyclic) bond motifs is 7. The number of aromatic nitrogens is 2. The molecule has 5 heterocycles. The van der Waals surface area contributed by atoms with Crippen molar-refractivity contribution >= 4 is 41.5 Å². The second kappa shape index (κ2) is 22.0. The monoisotopic (exact) mass is 895 g/mol. The Balaban J connectivity index is 1.19. The number of aliphatic hydroxyl groups excluding tert-OH is 1. The number of allylic oxidation sites excluding steroid dienone is 4. The lowest BCUT2D eigenvalue weighted by molar-refractivity contribution is -0.144. The molecule has 4 aliphatic rings. The number of methoxy groups -OCH3 is 1. The molecule has 2 fully saturated rings. The minimum Gasteiger partial charge on any atom is -0.468 e. The van der Waals surface area contributed by atoms with Crippen LogP contribution in [0.5, 0.6) is 0 Å². The number of rotatable bonds is 21. The summed E-state index contributed by atoms with van der Waals surface area (Å²) in [4.78, 5) is 48.8. The van der Waals surface area contributed by atoms with Gasteiger partial charge in [0.1, 0.15) is 5.92 Å². The van der Waals surface area contributed by atoms with E-state index in [9.17, 15) is 19.5 Å². The lowest BCUT2D eigenvalue weighted by Crippen LogP contribution is -2.25. The average Bonchev–Trinajstić information content (AvgIpc) is 4.00. The van der Waals surface area contributed by atoms with Crippen molar-refractivity contribution in [2.24, 2.45) is 53.3 Å². The van der Waals surface area contributed by atoms with Gasteiger partial charge in [0.25, 0.3) is 0 Å². The zero-order valence-corrected chi connectivity index (χ0v) is 41.9. The van der Waals surface area contributed by atoms with Crippen molar-refractivity contribution in [1.82, 2.24) is 20.6 Å². The van der Waals surface area contributed by atoms with Gasteiger partial charge in [-0.05, 0) is 93.1 Å². The number of Topliss-reactive ketones (excluding diaryl/α,β-unsaturated/α-hetero) is 1. The number of esters is 2. The number of carbonyl (C=O) groups excluding carboxylic acids is 3. The highest BCUT2D eigenvalue weighted by molar-refractivity contribution is 6.24.